The zero-order valence-corrected chi connectivity index (χ0v) is 8.70. The maximum atomic E-state index is 5.31. The Bertz CT molecular complexity index is 66.2. The smallest absolute Gasteiger partial charge is 0.0466 e. The van der Waals surface area contributed by atoms with Gasteiger partial charge in [0.2, 0.25) is 0 Å². The van der Waals surface area contributed by atoms with E-state index in [9.17, 15) is 0 Å². The molecule has 0 aromatic rings. The summed E-state index contributed by atoms with van der Waals surface area (Å²) in [5, 5.41) is 0. The molecule has 1 nitrogen and oxygen atoms in total. The first-order valence-electron chi connectivity index (χ1n) is 4.65. The first kappa shape index (κ1) is 12.3. The van der Waals surface area contributed by atoms with Crippen LogP contribution in [-0.4, -0.2) is 24.7 Å². The van der Waals surface area contributed by atoms with Crippen LogP contribution in [0.2, 0.25) is 0 Å². The standard InChI is InChI=1S/C10H20OS/c1-3-8-11-9-6-5-7-10-12-4-2/h1-10H2. The number of rotatable bonds is 9. The fraction of sp³-hybridized carbons (Fsp3) is 0.800. The van der Waals surface area contributed by atoms with Crippen molar-refractivity contribution < 1.29 is 4.74 Å². The van der Waals surface area contributed by atoms with Crippen LogP contribution in [0.1, 0.15) is 25.7 Å². The zero-order chi connectivity index (χ0) is 9.07. The van der Waals surface area contributed by atoms with E-state index >= 15 is 0 Å². The van der Waals surface area contributed by atoms with Gasteiger partial charge in [-0.2, -0.15) is 11.8 Å². The highest BCUT2D eigenvalue weighted by molar-refractivity contribution is 7.99. The maximum absolute atomic E-state index is 5.31. The van der Waals surface area contributed by atoms with Gasteiger partial charge in [0.05, 0.1) is 0 Å². The molecule has 72 valence electrons. The summed E-state index contributed by atoms with van der Waals surface area (Å²) < 4.78 is 5.31. The van der Waals surface area contributed by atoms with Crippen molar-refractivity contribution in [3.63, 3.8) is 0 Å². The highest BCUT2D eigenvalue weighted by atomic mass is 32.2. The average Bonchev–Trinajstić information content (AvgIpc) is 2.10. The Morgan fingerprint density at radius 3 is 2.50 bits per heavy atom. The summed E-state index contributed by atoms with van der Waals surface area (Å²) in [5.74, 6) is 2.25. The second kappa shape index (κ2) is 11.3. The molecule has 0 aromatic carbocycles. The number of ether oxygens (including phenoxy) is 1. The lowest BCUT2D eigenvalue weighted by Gasteiger charge is -2.01. The van der Waals surface area contributed by atoms with Gasteiger partial charge < -0.3 is 4.74 Å². The monoisotopic (exact) mass is 188 g/mol. The van der Waals surface area contributed by atoms with Gasteiger partial charge in [-0.05, 0) is 37.7 Å². The van der Waals surface area contributed by atoms with Crippen LogP contribution >= 0.6 is 11.8 Å². The Labute approximate surface area is 81.3 Å². The molecule has 0 saturated carbocycles. The molecule has 0 atom stereocenters. The molecule has 2 radical (unpaired) electrons. The molecule has 0 fully saturated rings. The lowest BCUT2D eigenvalue weighted by Crippen LogP contribution is -1.95. The molecule has 0 saturated heterocycles. The zero-order valence-electron chi connectivity index (χ0n) is 7.89. The first-order valence-corrected chi connectivity index (χ1v) is 5.81. The van der Waals surface area contributed by atoms with Crippen LogP contribution in [-0.2, 0) is 4.74 Å². The van der Waals surface area contributed by atoms with Gasteiger partial charge in [0.15, 0.2) is 0 Å². The van der Waals surface area contributed by atoms with E-state index in [-0.39, 0.29) is 0 Å². The van der Waals surface area contributed by atoms with Crippen LogP contribution < -0.4 is 0 Å². The highest BCUT2D eigenvalue weighted by Crippen LogP contribution is 2.05. The van der Waals surface area contributed by atoms with Gasteiger partial charge in [-0.25, -0.2) is 0 Å². The van der Waals surface area contributed by atoms with E-state index in [4.69, 9.17) is 4.74 Å². The molecule has 12 heavy (non-hydrogen) atoms. The van der Waals surface area contributed by atoms with Crippen molar-refractivity contribution in [1.82, 2.24) is 0 Å². The molecule has 2 heteroatoms. The molecule has 0 unspecified atom stereocenters. The Balaban J connectivity index is 2.73. The highest BCUT2D eigenvalue weighted by Gasteiger charge is 1.89. The molecule has 0 amide bonds. The lowest BCUT2D eigenvalue weighted by atomic mass is 10.3. The Morgan fingerprint density at radius 1 is 1.00 bits per heavy atom. The van der Waals surface area contributed by atoms with Crippen molar-refractivity contribution in [2.75, 3.05) is 24.7 Å². The van der Waals surface area contributed by atoms with Crippen molar-refractivity contribution in [2.24, 2.45) is 0 Å². The van der Waals surface area contributed by atoms with Crippen LogP contribution in [0.5, 0.6) is 0 Å². The van der Waals surface area contributed by atoms with E-state index in [0.29, 0.717) is 0 Å². The molecule has 0 heterocycles. The molecule has 0 aromatic heterocycles. The predicted octanol–water partition coefficient (Wildman–Crippen LogP) is 2.96. The van der Waals surface area contributed by atoms with Crippen LogP contribution in [0.3, 0.4) is 0 Å². The molecule has 0 aliphatic carbocycles. The van der Waals surface area contributed by atoms with E-state index in [1.165, 1.54) is 25.0 Å². The van der Waals surface area contributed by atoms with E-state index in [0.717, 1.165) is 25.4 Å². The Morgan fingerprint density at radius 2 is 1.83 bits per heavy atom. The predicted molar refractivity (Wildman–Crippen MR) is 57.3 cm³/mol. The van der Waals surface area contributed by atoms with Crippen LogP contribution in [0, 0.1) is 13.8 Å². The van der Waals surface area contributed by atoms with Gasteiger partial charge in [0.25, 0.3) is 0 Å². The van der Waals surface area contributed by atoms with Gasteiger partial charge in [-0.15, -0.1) is 0 Å². The van der Waals surface area contributed by atoms with E-state index in [1.54, 1.807) is 0 Å². The third-order valence-electron chi connectivity index (χ3n) is 1.51. The molecule has 0 bridgehead atoms. The number of hydrogen-bond acceptors (Lipinski definition) is 2. The Kier molecular flexibility index (Phi) is 11.6. The maximum Gasteiger partial charge on any atom is 0.0466 e. The fourth-order valence-electron chi connectivity index (χ4n) is 0.891. The van der Waals surface area contributed by atoms with Gasteiger partial charge in [-0.1, -0.05) is 13.3 Å². The summed E-state index contributed by atoms with van der Waals surface area (Å²) in [7, 11) is 0. The number of hydrogen-bond donors (Lipinski definition) is 0. The van der Waals surface area contributed by atoms with Gasteiger partial charge >= 0.3 is 0 Å². The normalized spacial score (nSPS) is 10.5. The molecule has 0 rings (SSSR count). The third kappa shape index (κ3) is 10.3. The van der Waals surface area contributed by atoms with E-state index in [1.807, 2.05) is 11.8 Å². The third-order valence-corrected chi connectivity index (χ3v) is 2.38. The second-order valence-corrected chi connectivity index (χ2v) is 3.86. The molecular weight excluding hydrogens is 168 g/mol. The van der Waals surface area contributed by atoms with Gasteiger partial charge in [-0.3, -0.25) is 0 Å². The summed E-state index contributed by atoms with van der Waals surface area (Å²) in [6, 6.07) is 0. The minimum absolute atomic E-state index is 0.813. The summed E-state index contributed by atoms with van der Waals surface area (Å²) in [6.45, 7) is 9.20. The first-order chi connectivity index (χ1) is 5.91. The molecule has 0 aliphatic rings. The van der Waals surface area contributed by atoms with Gasteiger partial charge in [0.1, 0.15) is 0 Å². The molecule has 0 aliphatic heterocycles. The number of thioether (sulfide) groups is 1. The van der Waals surface area contributed by atoms with Crippen molar-refractivity contribution in [3.8, 4) is 0 Å². The van der Waals surface area contributed by atoms with E-state index < -0.39 is 0 Å². The largest absolute Gasteiger partial charge is 0.381 e. The number of unbranched alkanes of at least 4 members (excludes halogenated alkanes) is 2. The van der Waals surface area contributed by atoms with Crippen LogP contribution in [0.25, 0.3) is 0 Å². The minimum atomic E-state index is 0.813. The quantitative estimate of drug-likeness (QED) is 0.514. The van der Waals surface area contributed by atoms with Crippen molar-refractivity contribution in [2.45, 2.75) is 25.7 Å². The van der Waals surface area contributed by atoms with Crippen LogP contribution in [0.4, 0.5) is 0 Å². The summed E-state index contributed by atoms with van der Waals surface area (Å²) in [4.78, 5) is 0. The van der Waals surface area contributed by atoms with E-state index in [2.05, 4.69) is 13.8 Å². The summed E-state index contributed by atoms with van der Waals surface area (Å²) in [5.41, 5.74) is 0. The van der Waals surface area contributed by atoms with Crippen LogP contribution in [0.15, 0.2) is 0 Å². The SMILES string of the molecule is [CH2]CCOCCCCCSC[CH2]. The van der Waals surface area contributed by atoms with Gasteiger partial charge in [0, 0.05) is 13.2 Å². The Hall–Kier alpha value is 0.310. The fourth-order valence-corrected chi connectivity index (χ4v) is 1.50. The molecule has 0 spiro atoms. The second-order valence-electron chi connectivity index (χ2n) is 2.64. The minimum Gasteiger partial charge on any atom is -0.381 e. The summed E-state index contributed by atoms with van der Waals surface area (Å²) in [6.07, 6.45) is 4.66. The summed E-state index contributed by atoms with van der Waals surface area (Å²) >= 11 is 1.91. The molecular formula is C10H20OS. The van der Waals surface area contributed by atoms with Crippen molar-refractivity contribution in [1.29, 1.82) is 0 Å². The van der Waals surface area contributed by atoms with Crippen molar-refractivity contribution >= 4 is 11.8 Å². The average molecular weight is 188 g/mol. The topological polar surface area (TPSA) is 9.23 Å². The lowest BCUT2D eigenvalue weighted by molar-refractivity contribution is 0.134. The molecule has 0 N–H and O–H groups in total. The van der Waals surface area contributed by atoms with Crippen molar-refractivity contribution in [3.05, 3.63) is 13.8 Å².